The van der Waals surface area contributed by atoms with Crippen LogP contribution in [0.15, 0.2) is 18.2 Å². The third-order valence-corrected chi connectivity index (χ3v) is 4.18. The first-order valence-corrected chi connectivity index (χ1v) is 7.18. The first-order chi connectivity index (χ1) is 10.1. The summed E-state index contributed by atoms with van der Waals surface area (Å²) in [6, 6.07) is 4.03. The van der Waals surface area contributed by atoms with E-state index in [0.29, 0.717) is 24.2 Å². The highest BCUT2D eigenvalue weighted by molar-refractivity contribution is 5.95. The van der Waals surface area contributed by atoms with Crippen molar-refractivity contribution in [2.24, 2.45) is 0 Å². The van der Waals surface area contributed by atoms with Crippen molar-refractivity contribution in [1.82, 2.24) is 9.80 Å². The normalized spacial score (nSPS) is 22.4. The van der Waals surface area contributed by atoms with Gasteiger partial charge in [-0.05, 0) is 31.4 Å². The molecule has 0 aromatic heterocycles. The summed E-state index contributed by atoms with van der Waals surface area (Å²) in [6.07, 6.45) is 2.59. The maximum atomic E-state index is 13.8. The number of hydrogen-bond acceptors (Lipinski definition) is 3. The number of amides is 2. The molecule has 2 saturated heterocycles. The summed E-state index contributed by atoms with van der Waals surface area (Å²) in [6.45, 7) is 0.791. The molecule has 112 valence electrons. The summed E-state index contributed by atoms with van der Waals surface area (Å²) in [4.78, 5) is 27.7. The van der Waals surface area contributed by atoms with E-state index in [4.69, 9.17) is 5.73 Å². The van der Waals surface area contributed by atoms with Gasteiger partial charge < -0.3 is 15.5 Å². The van der Waals surface area contributed by atoms with Gasteiger partial charge in [0.15, 0.2) is 0 Å². The average molecular weight is 291 g/mol. The molecule has 2 heterocycles. The number of fused-ring (bicyclic) bond motifs is 1. The number of benzene rings is 1. The fourth-order valence-electron chi connectivity index (χ4n) is 3.06. The van der Waals surface area contributed by atoms with Crippen molar-refractivity contribution in [2.75, 3.05) is 18.8 Å². The summed E-state index contributed by atoms with van der Waals surface area (Å²) in [7, 11) is 0. The molecule has 2 aliphatic heterocycles. The Morgan fingerprint density at radius 3 is 2.86 bits per heavy atom. The van der Waals surface area contributed by atoms with Crippen molar-refractivity contribution in [3.8, 4) is 0 Å². The summed E-state index contributed by atoms with van der Waals surface area (Å²) >= 11 is 0. The third-order valence-electron chi connectivity index (χ3n) is 4.18. The van der Waals surface area contributed by atoms with Crippen LogP contribution in [0.25, 0.3) is 0 Å². The SMILES string of the molecule is Nc1ccc(CN2CC(=O)N3CCCCC3C2=O)c(F)c1. The number of carbonyl (C=O) groups is 2. The van der Waals surface area contributed by atoms with E-state index >= 15 is 0 Å². The van der Waals surface area contributed by atoms with Gasteiger partial charge in [-0.3, -0.25) is 9.59 Å². The highest BCUT2D eigenvalue weighted by Crippen LogP contribution is 2.24. The van der Waals surface area contributed by atoms with Crippen molar-refractivity contribution in [3.63, 3.8) is 0 Å². The highest BCUT2D eigenvalue weighted by atomic mass is 19.1. The van der Waals surface area contributed by atoms with E-state index in [9.17, 15) is 14.0 Å². The maximum absolute atomic E-state index is 13.8. The van der Waals surface area contributed by atoms with E-state index in [1.54, 1.807) is 17.0 Å². The van der Waals surface area contributed by atoms with Gasteiger partial charge in [0.2, 0.25) is 11.8 Å². The molecule has 0 spiro atoms. The van der Waals surface area contributed by atoms with Gasteiger partial charge in [-0.25, -0.2) is 4.39 Å². The highest BCUT2D eigenvalue weighted by Gasteiger charge is 2.40. The zero-order valence-electron chi connectivity index (χ0n) is 11.7. The molecule has 0 bridgehead atoms. The van der Waals surface area contributed by atoms with Crippen LogP contribution in [0.1, 0.15) is 24.8 Å². The lowest BCUT2D eigenvalue weighted by atomic mass is 9.98. The Kier molecular flexibility index (Phi) is 3.53. The Hall–Kier alpha value is -2.11. The number of piperidine rings is 1. The van der Waals surface area contributed by atoms with Crippen LogP contribution in [0, 0.1) is 5.82 Å². The Morgan fingerprint density at radius 2 is 2.10 bits per heavy atom. The van der Waals surface area contributed by atoms with E-state index in [0.717, 1.165) is 12.8 Å². The van der Waals surface area contributed by atoms with Crippen LogP contribution in [0.3, 0.4) is 0 Å². The fraction of sp³-hybridized carbons (Fsp3) is 0.467. The quantitative estimate of drug-likeness (QED) is 0.831. The van der Waals surface area contributed by atoms with Crippen LogP contribution in [-0.4, -0.2) is 40.7 Å². The predicted octanol–water partition coefficient (Wildman–Crippen LogP) is 1.13. The van der Waals surface area contributed by atoms with Gasteiger partial charge >= 0.3 is 0 Å². The average Bonchev–Trinajstić information content (AvgIpc) is 2.47. The van der Waals surface area contributed by atoms with Crippen molar-refractivity contribution in [1.29, 1.82) is 0 Å². The zero-order chi connectivity index (χ0) is 15.0. The lowest BCUT2D eigenvalue weighted by Gasteiger charge is -2.42. The molecule has 2 fully saturated rings. The molecule has 5 nitrogen and oxygen atoms in total. The largest absolute Gasteiger partial charge is 0.399 e. The number of anilines is 1. The summed E-state index contributed by atoms with van der Waals surface area (Å²) in [5.41, 5.74) is 6.24. The lowest BCUT2D eigenvalue weighted by Crippen LogP contribution is -2.60. The molecule has 1 unspecified atom stereocenters. The topological polar surface area (TPSA) is 66.6 Å². The number of nitrogens with two attached hydrogens (primary N) is 1. The van der Waals surface area contributed by atoms with E-state index < -0.39 is 5.82 Å². The second-order valence-corrected chi connectivity index (χ2v) is 5.64. The van der Waals surface area contributed by atoms with Crippen LogP contribution in [-0.2, 0) is 16.1 Å². The number of nitrogen functional groups attached to an aromatic ring is 1. The van der Waals surface area contributed by atoms with Gasteiger partial charge in [0.25, 0.3) is 0 Å². The minimum atomic E-state index is -0.443. The molecule has 1 atom stereocenters. The first-order valence-electron chi connectivity index (χ1n) is 7.18. The Balaban J connectivity index is 1.79. The van der Waals surface area contributed by atoms with E-state index in [1.807, 2.05) is 0 Å². The maximum Gasteiger partial charge on any atom is 0.246 e. The molecule has 3 rings (SSSR count). The monoisotopic (exact) mass is 291 g/mol. The van der Waals surface area contributed by atoms with Crippen LogP contribution in [0.5, 0.6) is 0 Å². The Labute approximate surface area is 122 Å². The number of carbonyl (C=O) groups excluding carboxylic acids is 2. The predicted molar refractivity (Wildman–Crippen MR) is 75.6 cm³/mol. The van der Waals surface area contributed by atoms with Crippen LogP contribution >= 0.6 is 0 Å². The number of hydrogen-bond donors (Lipinski definition) is 1. The molecule has 21 heavy (non-hydrogen) atoms. The molecule has 1 aromatic carbocycles. The van der Waals surface area contributed by atoms with Gasteiger partial charge in [-0.15, -0.1) is 0 Å². The first kappa shape index (κ1) is 13.9. The number of piperazine rings is 1. The van der Waals surface area contributed by atoms with Crippen LogP contribution in [0.2, 0.25) is 0 Å². The minimum Gasteiger partial charge on any atom is -0.399 e. The molecule has 2 N–H and O–H groups in total. The molecule has 2 amide bonds. The van der Waals surface area contributed by atoms with Crippen molar-refractivity contribution in [3.05, 3.63) is 29.6 Å². The van der Waals surface area contributed by atoms with Crippen LogP contribution in [0.4, 0.5) is 10.1 Å². The molecular formula is C15H18FN3O2. The lowest BCUT2D eigenvalue weighted by molar-refractivity contribution is -0.158. The van der Waals surface area contributed by atoms with E-state index in [-0.39, 0.29) is 30.9 Å². The summed E-state index contributed by atoms with van der Waals surface area (Å²) in [5, 5.41) is 0. The molecule has 0 saturated carbocycles. The molecule has 0 radical (unpaired) electrons. The minimum absolute atomic E-state index is 0.0269. The van der Waals surface area contributed by atoms with Gasteiger partial charge in [0, 0.05) is 24.3 Å². The Morgan fingerprint density at radius 1 is 1.29 bits per heavy atom. The summed E-state index contributed by atoms with van der Waals surface area (Å²) < 4.78 is 13.8. The van der Waals surface area contributed by atoms with Crippen molar-refractivity contribution < 1.29 is 14.0 Å². The number of rotatable bonds is 2. The summed E-state index contributed by atoms with van der Waals surface area (Å²) in [5.74, 6) is -0.568. The van der Waals surface area contributed by atoms with Crippen molar-refractivity contribution >= 4 is 17.5 Å². The standard InChI is InChI=1S/C15H18FN3O2/c16-12-7-11(17)5-4-10(12)8-18-9-14(20)19-6-2-1-3-13(19)15(18)21/h4-5,7,13H,1-3,6,8-9,17H2. The number of nitrogens with zero attached hydrogens (tertiary/aromatic N) is 2. The second-order valence-electron chi connectivity index (χ2n) is 5.64. The van der Waals surface area contributed by atoms with E-state index in [1.165, 1.54) is 11.0 Å². The van der Waals surface area contributed by atoms with Gasteiger partial charge in [0.05, 0.1) is 0 Å². The zero-order valence-corrected chi connectivity index (χ0v) is 11.7. The third kappa shape index (κ3) is 2.57. The van der Waals surface area contributed by atoms with Crippen LogP contribution < -0.4 is 5.73 Å². The molecular weight excluding hydrogens is 273 g/mol. The van der Waals surface area contributed by atoms with Crippen molar-refractivity contribution in [2.45, 2.75) is 31.8 Å². The molecule has 2 aliphatic rings. The smallest absolute Gasteiger partial charge is 0.246 e. The van der Waals surface area contributed by atoms with Gasteiger partial charge in [0.1, 0.15) is 18.4 Å². The van der Waals surface area contributed by atoms with E-state index in [2.05, 4.69) is 0 Å². The molecule has 0 aliphatic carbocycles. The number of halogens is 1. The second kappa shape index (κ2) is 5.35. The fourth-order valence-corrected chi connectivity index (χ4v) is 3.06. The molecule has 6 heteroatoms. The Bertz CT molecular complexity index is 590. The van der Waals surface area contributed by atoms with Gasteiger partial charge in [-0.2, -0.15) is 0 Å². The van der Waals surface area contributed by atoms with Gasteiger partial charge in [-0.1, -0.05) is 6.07 Å². The molecule has 1 aromatic rings.